The number of carbonyl (C=O) groups is 8. The molecule has 10 bridgehead atoms. The Hall–Kier alpha value is -9.02. The first kappa shape index (κ1) is 64.0. The number of amides is 6. The number of fused-ring (bicyclic) bond motifs is 14. The fraction of sp³-hybridized carbons (Fsp3) is 0.276. The molecule has 0 aliphatic carbocycles. The maximum Gasteiger partial charge on any atom is 0.337 e. The SMILES string of the molecule is CNC(=O)C[C@@H]1NC(=O)c2csc(n2)-c2ccc(-c3nc(N(CCCC(=O)O)C(=O)c4ccc(C(=O)O)cn4)cs3)nc2-c2csc(n2)-c2csc(n2)[C@H]([C@@H](O)c2ccccc2)NC(=O)CNC(=O)c2nc(sc2COC)C(C(C)C)NC(=O)c2nc1sc2C. The molecule has 0 saturated heterocycles. The van der Waals surface area contributed by atoms with Gasteiger partial charge in [0.05, 0.1) is 47.8 Å². The van der Waals surface area contributed by atoms with Crippen LogP contribution in [0.15, 0.2) is 82.3 Å². The van der Waals surface area contributed by atoms with Gasteiger partial charge in [0.2, 0.25) is 11.8 Å². The van der Waals surface area contributed by atoms with Gasteiger partial charge in [-0.2, -0.15) is 0 Å². The zero-order valence-electron chi connectivity index (χ0n) is 48.2. The molecular formula is C58H54N14O12S6. The predicted molar refractivity (Wildman–Crippen MR) is 337 cm³/mol. The molecule has 1 unspecified atom stereocenters. The van der Waals surface area contributed by atoms with Gasteiger partial charge in [0.15, 0.2) is 0 Å². The van der Waals surface area contributed by atoms with Crippen LogP contribution in [0, 0.1) is 12.8 Å². The number of hydrogen-bond acceptors (Lipinski definition) is 24. The lowest BCUT2D eigenvalue weighted by molar-refractivity contribution is -0.137. The Balaban J connectivity index is 1.06. The third kappa shape index (κ3) is 14.5. The van der Waals surface area contributed by atoms with Crippen molar-refractivity contribution in [3.05, 3.63) is 141 Å². The number of thiazole rings is 6. The summed E-state index contributed by atoms with van der Waals surface area (Å²) in [4.78, 5) is 147. The van der Waals surface area contributed by atoms with E-state index in [2.05, 4.69) is 41.5 Å². The molecule has 26 nitrogen and oxygen atoms in total. The van der Waals surface area contributed by atoms with Crippen LogP contribution in [0.1, 0.15) is 140 Å². The number of aryl methyl sites for hydroxylation is 1. The number of carbonyl (C=O) groups excluding carboxylic acids is 6. The fourth-order valence-corrected chi connectivity index (χ4v) is 14.7. The predicted octanol–water partition coefficient (Wildman–Crippen LogP) is 7.92. The lowest BCUT2D eigenvalue weighted by atomic mass is 10.0. The number of nitrogens with one attached hydrogen (secondary N) is 5. The van der Waals surface area contributed by atoms with Gasteiger partial charge < -0.3 is 46.6 Å². The number of aromatic carboxylic acids is 1. The van der Waals surface area contributed by atoms with Gasteiger partial charge in [-0.25, -0.2) is 39.7 Å². The summed E-state index contributed by atoms with van der Waals surface area (Å²) in [6.45, 7) is 4.78. The molecule has 90 heavy (non-hydrogen) atoms. The highest BCUT2D eigenvalue weighted by Gasteiger charge is 2.33. The number of methoxy groups -OCH3 is 1. The van der Waals surface area contributed by atoms with E-state index in [0.717, 1.165) is 62.9 Å². The summed E-state index contributed by atoms with van der Waals surface area (Å²) >= 11 is 6.90. The van der Waals surface area contributed by atoms with E-state index in [4.69, 9.17) is 29.7 Å². The number of aromatic nitrogens is 8. The second kappa shape index (κ2) is 28.2. The van der Waals surface area contributed by atoms with Crippen LogP contribution in [-0.4, -0.2) is 130 Å². The maximum absolute atomic E-state index is 14.4. The van der Waals surface area contributed by atoms with Crippen molar-refractivity contribution in [2.45, 2.75) is 70.9 Å². The van der Waals surface area contributed by atoms with Crippen molar-refractivity contribution in [1.82, 2.24) is 66.5 Å². The first-order chi connectivity index (χ1) is 43.3. The molecule has 32 heteroatoms. The maximum atomic E-state index is 14.4. The average molecular weight is 1330 g/mol. The van der Waals surface area contributed by atoms with Gasteiger partial charge in [-0.05, 0) is 49.1 Å². The zero-order valence-corrected chi connectivity index (χ0v) is 53.1. The van der Waals surface area contributed by atoms with E-state index >= 15 is 0 Å². The van der Waals surface area contributed by atoms with Crippen molar-refractivity contribution in [2.24, 2.45) is 5.92 Å². The van der Waals surface area contributed by atoms with E-state index in [-0.39, 0.29) is 83.2 Å². The number of aliphatic hydroxyl groups is 1. The Kier molecular flexibility index (Phi) is 20.1. The molecule has 0 saturated carbocycles. The van der Waals surface area contributed by atoms with E-state index < -0.39 is 78.2 Å². The summed E-state index contributed by atoms with van der Waals surface area (Å²) in [5.41, 5.74) is 1.95. The van der Waals surface area contributed by atoms with Crippen molar-refractivity contribution in [2.75, 3.05) is 32.1 Å². The third-order valence-electron chi connectivity index (χ3n) is 13.8. The molecule has 0 radical (unpaired) electrons. The van der Waals surface area contributed by atoms with E-state index in [0.29, 0.717) is 63.0 Å². The standard InChI is InChI=1S/C58H54N14O12S6/c1-26(2)42-56-71-45(37(90-56)21-84-5)49(79)61-20-40(74)68-46(47(77)28-10-7-6-8-11-28)55-66-36(24-87-55)53-64-34(22-86-53)44-30(51-65-35(23-85-51)48(78)63-33(18-39(73)59-4)54-70-43(27(3)89-54)50(80)69-42)14-16-31(62-44)52-67-38(25-88-52)72(17-9-12-41(75)76)57(81)32-15-13-29(19-60-32)58(82)83/h6-8,10-11,13-16,19,22-26,33,42,46-47,77H,9,12,17-18,20-21H2,1-5H3,(H,59,73)(H,61,79)(H,63,78)(H,68,74)(H,69,80)(H,75,76)(H,82,83)/t33-,42?,46-,47-/m0/s1. The second-order valence-electron chi connectivity index (χ2n) is 20.3. The Morgan fingerprint density at radius 3 is 2.16 bits per heavy atom. The summed E-state index contributed by atoms with van der Waals surface area (Å²) in [6, 6.07) is 11.6. The van der Waals surface area contributed by atoms with E-state index in [9.17, 15) is 53.7 Å². The van der Waals surface area contributed by atoms with Gasteiger partial charge >= 0.3 is 11.9 Å². The van der Waals surface area contributed by atoms with Crippen LogP contribution >= 0.6 is 68.0 Å². The molecule has 10 rings (SSSR count). The molecule has 9 aromatic rings. The minimum absolute atomic E-state index is 0.0180. The lowest BCUT2D eigenvalue weighted by Gasteiger charge is -2.23. The Labute approximate surface area is 536 Å². The number of benzene rings is 1. The average Bonchev–Trinajstić information content (AvgIpc) is 1.76. The summed E-state index contributed by atoms with van der Waals surface area (Å²) in [5.74, 6) is -6.14. The quantitative estimate of drug-likeness (QED) is 0.0483. The van der Waals surface area contributed by atoms with Gasteiger partial charge in [0.1, 0.15) is 87.9 Å². The smallest absolute Gasteiger partial charge is 0.337 e. The molecule has 1 aliphatic heterocycles. The molecule has 1 aliphatic rings. The van der Waals surface area contributed by atoms with Crippen LogP contribution in [0.3, 0.4) is 0 Å². The van der Waals surface area contributed by atoms with Crippen LogP contribution in [-0.2, 0) is 25.7 Å². The number of aliphatic hydroxyl groups excluding tert-OH is 1. The largest absolute Gasteiger partial charge is 0.481 e. The number of nitrogens with zero attached hydrogens (tertiary/aromatic N) is 9. The van der Waals surface area contributed by atoms with Gasteiger partial charge in [0, 0.05) is 65.3 Å². The Morgan fingerprint density at radius 2 is 1.43 bits per heavy atom. The molecule has 8 aromatic heterocycles. The Morgan fingerprint density at radius 1 is 0.711 bits per heavy atom. The number of carboxylic acids is 2. The van der Waals surface area contributed by atoms with Crippen LogP contribution in [0.25, 0.3) is 43.4 Å². The molecule has 0 spiro atoms. The second-order valence-corrected chi connectivity index (χ2v) is 26.2. The van der Waals surface area contributed by atoms with Crippen molar-refractivity contribution >= 4 is 121 Å². The molecule has 6 amide bonds. The molecule has 9 heterocycles. The minimum Gasteiger partial charge on any atom is -0.481 e. The molecule has 4 atom stereocenters. The molecule has 464 valence electrons. The molecule has 0 fully saturated rings. The van der Waals surface area contributed by atoms with E-state index in [1.54, 1.807) is 65.5 Å². The van der Waals surface area contributed by atoms with Gasteiger partial charge in [-0.1, -0.05) is 44.2 Å². The number of anilines is 1. The van der Waals surface area contributed by atoms with Crippen molar-refractivity contribution in [3.8, 4) is 43.4 Å². The number of pyridine rings is 2. The van der Waals surface area contributed by atoms with Crippen LogP contribution in [0.2, 0.25) is 0 Å². The van der Waals surface area contributed by atoms with Gasteiger partial charge in [0.25, 0.3) is 23.6 Å². The lowest BCUT2D eigenvalue weighted by Crippen LogP contribution is -2.40. The number of aliphatic carboxylic acids is 1. The first-order valence-electron chi connectivity index (χ1n) is 27.4. The van der Waals surface area contributed by atoms with E-state index in [1.165, 1.54) is 47.9 Å². The minimum atomic E-state index is -1.32. The number of rotatable bonds is 15. The highest BCUT2D eigenvalue weighted by molar-refractivity contribution is 7.15. The topological polar surface area (TPSA) is 373 Å². The fourth-order valence-electron chi connectivity index (χ4n) is 9.19. The molecule has 8 N–H and O–H groups in total. The van der Waals surface area contributed by atoms with Crippen molar-refractivity contribution in [3.63, 3.8) is 0 Å². The summed E-state index contributed by atoms with van der Waals surface area (Å²) in [5, 5.41) is 53.5. The summed E-state index contributed by atoms with van der Waals surface area (Å²) in [7, 11) is 2.91. The summed E-state index contributed by atoms with van der Waals surface area (Å²) in [6.07, 6.45) is -0.744. The van der Waals surface area contributed by atoms with Crippen molar-refractivity contribution < 1.29 is 58.4 Å². The Bertz CT molecular complexity index is 4180. The monoisotopic (exact) mass is 1330 g/mol. The normalized spacial score (nSPS) is 15.9. The summed E-state index contributed by atoms with van der Waals surface area (Å²) < 4.78 is 5.45. The van der Waals surface area contributed by atoms with Crippen LogP contribution in [0.5, 0.6) is 0 Å². The van der Waals surface area contributed by atoms with Crippen LogP contribution in [0.4, 0.5) is 5.82 Å². The molecular weight excluding hydrogens is 1280 g/mol. The van der Waals surface area contributed by atoms with Crippen LogP contribution < -0.4 is 31.5 Å². The highest BCUT2D eigenvalue weighted by Crippen LogP contribution is 2.40. The van der Waals surface area contributed by atoms with Crippen molar-refractivity contribution in [1.29, 1.82) is 0 Å². The molecule has 1 aromatic carbocycles. The van der Waals surface area contributed by atoms with Gasteiger partial charge in [-0.3, -0.25) is 43.4 Å². The van der Waals surface area contributed by atoms with Gasteiger partial charge in [-0.15, -0.1) is 68.0 Å². The highest BCUT2D eigenvalue weighted by atomic mass is 32.1. The first-order valence-corrected chi connectivity index (χ1v) is 32.6. The third-order valence-corrected chi connectivity index (χ3v) is 19.5. The number of hydrogen-bond donors (Lipinski definition) is 8. The van der Waals surface area contributed by atoms with E-state index in [1.807, 2.05) is 13.8 Å². The number of ether oxygens (including phenoxy) is 1. The number of carboxylic acid groups (broad SMARTS) is 2. The zero-order chi connectivity index (χ0) is 63.9.